The number of hydrogen-bond donors (Lipinski definition) is 1. The van der Waals surface area contributed by atoms with Gasteiger partial charge >= 0.3 is 6.18 Å². The monoisotopic (exact) mass is 289 g/mol. The van der Waals surface area contributed by atoms with E-state index in [1.54, 1.807) is 24.3 Å². The maximum Gasteiger partial charge on any atom is 0.417 e. The molecule has 2 N–H and O–H groups in total. The number of alkyl halides is 3. The van der Waals surface area contributed by atoms with Gasteiger partial charge in [0.15, 0.2) is 0 Å². The quantitative estimate of drug-likeness (QED) is 0.691. The minimum Gasteiger partial charge on any atom is -0.397 e. The fraction of sp³-hybridized carbons (Fsp3) is 0.0667. The molecule has 0 saturated heterocycles. The molecule has 0 atom stereocenters. The number of nitrogens with two attached hydrogens (primary N) is 1. The highest BCUT2D eigenvalue weighted by Crippen LogP contribution is 2.38. The summed E-state index contributed by atoms with van der Waals surface area (Å²) < 4.78 is 39.4. The molecule has 21 heavy (non-hydrogen) atoms. The summed E-state index contributed by atoms with van der Waals surface area (Å²) in [6, 6.07) is 10.3. The van der Waals surface area contributed by atoms with E-state index in [9.17, 15) is 13.2 Å². The zero-order valence-electron chi connectivity index (χ0n) is 10.7. The van der Waals surface area contributed by atoms with Gasteiger partial charge in [-0.15, -0.1) is 0 Å². The van der Waals surface area contributed by atoms with Crippen molar-refractivity contribution in [2.75, 3.05) is 5.73 Å². The summed E-state index contributed by atoms with van der Waals surface area (Å²) in [5.74, 6) is 0. The van der Waals surface area contributed by atoms with Gasteiger partial charge in [-0.3, -0.25) is 0 Å². The van der Waals surface area contributed by atoms with Gasteiger partial charge < -0.3 is 5.73 Å². The first-order valence-electron chi connectivity index (χ1n) is 6.14. The van der Waals surface area contributed by atoms with E-state index in [4.69, 9.17) is 5.73 Å². The molecule has 2 aromatic carbocycles. The fourth-order valence-corrected chi connectivity index (χ4v) is 2.26. The number of nitrogens with zero attached hydrogens (tertiary/aromatic N) is 2. The third-order valence-electron chi connectivity index (χ3n) is 3.18. The van der Waals surface area contributed by atoms with Crippen molar-refractivity contribution in [3.8, 4) is 11.3 Å². The van der Waals surface area contributed by atoms with Crippen LogP contribution < -0.4 is 5.73 Å². The van der Waals surface area contributed by atoms with Crippen LogP contribution in [0, 0.1) is 0 Å². The Labute approximate surface area is 118 Å². The summed E-state index contributed by atoms with van der Waals surface area (Å²) in [5.41, 5.74) is 6.17. The minimum atomic E-state index is -4.45. The topological polar surface area (TPSA) is 51.8 Å². The summed E-state index contributed by atoms with van der Waals surface area (Å²) in [5, 5.41) is 0.495. The second-order valence-corrected chi connectivity index (χ2v) is 4.51. The van der Waals surface area contributed by atoms with Gasteiger partial charge in [-0.25, -0.2) is 9.97 Å². The maximum atomic E-state index is 13.1. The van der Waals surface area contributed by atoms with Crippen LogP contribution in [0.1, 0.15) is 5.56 Å². The zero-order chi connectivity index (χ0) is 15.0. The van der Waals surface area contributed by atoms with Crippen molar-refractivity contribution in [1.82, 2.24) is 9.97 Å². The number of para-hydroxylation sites is 1. The number of rotatable bonds is 1. The summed E-state index contributed by atoms with van der Waals surface area (Å²) >= 11 is 0. The Morgan fingerprint density at radius 1 is 0.905 bits per heavy atom. The molecule has 3 aromatic rings. The van der Waals surface area contributed by atoms with Gasteiger partial charge in [0, 0.05) is 10.9 Å². The van der Waals surface area contributed by atoms with Crippen LogP contribution in [-0.2, 0) is 6.18 Å². The molecule has 0 aliphatic heterocycles. The van der Waals surface area contributed by atoms with Crippen molar-refractivity contribution >= 4 is 16.6 Å². The maximum absolute atomic E-state index is 13.1. The van der Waals surface area contributed by atoms with E-state index in [1.165, 1.54) is 18.5 Å². The second kappa shape index (κ2) is 4.73. The van der Waals surface area contributed by atoms with E-state index in [0.29, 0.717) is 16.6 Å². The Bertz CT molecular complexity index is 813. The lowest BCUT2D eigenvalue weighted by Crippen LogP contribution is -2.07. The van der Waals surface area contributed by atoms with Gasteiger partial charge in [0.1, 0.15) is 6.33 Å². The van der Waals surface area contributed by atoms with Crippen LogP contribution in [0.15, 0.2) is 48.8 Å². The van der Waals surface area contributed by atoms with Crippen LogP contribution >= 0.6 is 0 Å². The van der Waals surface area contributed by atoms with Gasteiger partial charge in [-0.2, -0.15) is 13.2 Å². The number of aromatic nitrogens is 2. The predicted molar refractivity (Wildman–Crippen MR) is 74.4 cm³/mol. The molecule has 0 spiro atoms. The van der Waals surface area contributed by atoms with E-state index in [2.05, 4.69) is 9.97 Å². The van der Waals surface area contributed by atoms with E-state index in [0.717, 1.165) is 6.07 Å². The van der Waals surface area contributed by atoms with Gasteiger partial charge in [-0.1, -0.05) is 30.3 Å². The summed E-state index contributed by atoms with van der Waals surface area (Å²) in [4.78, 5) is 8.07. The first kappa shape index (κ1) is 13.4. The van der Waals surface area contributed by atoms with Crippen molar-refractivity contribution in [3.05, 3.63) is 54.4 Å². The minimum absolute atomic E-state index is 0.0167. The molecule has 0 fully saturated rings. The molecule has 0 unspecified atom stereocenters. The Kier molecular flexibility index (Phi) is 3.01. The van der Waals surface area contributed by atoms with E-state index in [-0.39, 0.29) is 11.3 Å². The average Bonchev–Trinajstić information content (AvgIpc) is 2.46. The number of nitrogen functional groups attached to an aromatic ring is 1. The Morgan fingerprint density at radius 2 is 1.67 bits per heavy atom. The van der Waals surface area contributed by atoms with E-state index in [1.807, 2.05) is 0 Å². The van der Waals surface area contributed by atoms with Crippen molar-refractivity contribution in [1.29, 1.82) is 0 Å². The number of hydrogen-bond acceptors (Lipinski definition) is 3. The molecule has 0 amide bonds. The lowest BCUT2D eigenvalue weighted by Gasteiger charge is -2.13. The third-order valence-corrected chi connectivity index (χ3v) is 3.18. The van der Waals surface area contributed by atoms with Crippen LogP contribution in [0.3, 0.4) is 0 Å². The molecule has 0 aliphatic rings. The molecule has 0 saturated carbocycles. The van der Waals surface area contributed by atoms with Crippen LogP contribution in [0.4, 0.5) is 18.9 Å². The lowest BCUT2D eigenvalue weighted by atomic mass is 10.0. The van der Waals surface area contributed by atoms with Gasteiger partial charge in [-0.05, 0) is 12.1 Å². The predicted octanol–water partition coefficient (Wildman–Crippen LogP) is 3.90. The van der Waals surface area contributed by atoms with Crippen molar-refractivity contribution in [3.63, 3.8) is 0 Å². The number of halogens is 3. The molecule has 106 valence electrons. The molecule has 1 aromatic heterocycles. The standard InChI is InChI=1S/C15H10F3N3/c16-15(17,18)11-6-2-1-4-9(11)13-10-5-3-7-12(19)14(10)21-8-20-13/h1-8H,19H2. The number of anilines is 1. The van der Waals surface area contributed by atoms with E-state index >= 15 is 0 Å². The average molecular weight is 289 g/mol. The number of benzene rings is 2. The molecule has 0 bridgehead atoms. The molecule has 1 heterocycles. The van der Waals surface area contributed by atoms with Gasteiger partial charge in [0.05, 0.1) is 22.5 Å². The highest BCUT2D eigenvalue weighted by Gasteiger charge is 2.34. The van der Waals surface area contributed by atoms with Crippen molar-refractivity contribution in [2.24, 2.45) is 0 Å². The zero-order valence-corrected chi connectivity index (χ0v) is 10.7. The first-order chi connectivity index (χ1) is 9.98. The molecular weight excluding hydrogens is 279 g/mol. The van der Waals surface area contributed by atoms with E-state index < -0.39 is 11.7 Å². The second-order valence-electron chi connectivity index (χ2n) is 4.51. The van der Waals surface area contributed by atoms with Crippen LogP contribution in [0.2, 0.25) is 0 Å². The smallest absolute Gasteiger partial charge is 0.397 e. The highest BCUT2D eigenvalue weighted by molar-refractivity contribution is 5.98. The van der Waals surface area contributed by atoms with Gasteiger partial charge in [0.25, 0.3) is 0 Å². The fourth-order valence-electron chi connectivity index (χ4n) is 2.26. The first-order valence-corrected chi connectivity index (χ1v) is 6.14. The van der Waals surface area contributed by atoms with Crippen LogP contribution in [-0.4, -0.2) is 9.97 Å². The van der Waals surface area contributed by atoms with Crippen molar-refractivity contribution < 1.29 is 13.2 Å². The summed E-state index contributed by atoms with van der Waals surface area (Å²) in [6.07, 6.45) is -3.23. The molecule has 3 nitrogen and oxygen atoms in total. The molecule has 0 aliphatic carbocycles. The van der Waals surface area contributed by atoms with Crippen molar-refractivity contribution in [2.45, 2.75) is 6.18 Å². The molecular formula is C15H10F3N3. The number of fused-ring (bicyclic) bond motifs is 1. The lowest BCUT2D eigenvalue weighted by molar-refractivity contribution is -0.137. The SMILES string of the molecule is Nc1cccc2c(-c3ccccc3C(F)(F)F)ncnc12. The Balaban J connectivity index is 2.35. The highest BCUT2D eigenvalue weighted by atomic mass is 19.4. The molecule has 0 radical (unpaired) electrons. The molecule has 3 rings (SSSR count). The Morgan fingerprint density at radius 3 is 2.43 bits per heavy atom. The normalized spacial score (nSPS) is 11.8. The van der Waals surface area contributed by atoms with Crippen LogP contribution in [0.25, 0.3) is 22.2 Å². The largest absolute Gasteiger partial charge is 0.417 e. The third kappa shape index (κ3) is 2.29. The summed E-state index contributed by atoms with van der Waals surface area (Å²) in [7, 11) is 0. The van der Waals surface area contributed by atoms with Crippen LogP contribution in [0.5, 0.6) is 0 Å². The van der Waals surface area contributed by atoms with Gasteiger partial charge in [0.2, 0.25) is 0 Å². The summed E-state index contributed by atoms with van der Waals surface area (Å²) in [6.45, 7) is 0. The molecule has 6 heteroatoms. The Hall–Kier alpha value is -2.63.